The van der Waals surface area contributed by atoms with Crippen molar-refractivity contribution in [1.82, 2.24) is 0 Å². The molecule has 0 amide bonds. The number of hydrogen-bond donors (Lipinski definition) is 0. The zero-order valence-electron chi connectivity index (χ0n) is 17.1. The number of para-hydroxylation sites is 2. The highest BCUT2D eigenvalue weighted by Gasteiger charge is 2.24. The lowest BCUT2D eigenvalue weighted by Gasteiger charge is -2.28. The Kier molecular flexibility index (Phi) is 6.01. The van der Waals surface area contributed by atoms with Gasteiger partial charge in [0.05, 0.1) is 0 Å². The van der Waals surface area contributed by atoms with Crippen LogP contribution in [0.25, 0.3) is 0 Å². The molecule has 0 heterocycles. The predicted octanol–water partition coefficient (Wildman–Crippen LogP) is 7.81. The van der Waals surface area contributed by atoms with Gasteiger partial charge in [-0.3, -0.25) is 0 Å². The summed E-state index contributed by atoms with van der Waals surface area (Å²) < 4.78 is 0. The Labute approximate surface area is 164 Å². The molecule has 0 saturated carbocycles. The van der Waals surface area contributed by atoms with Gasteiger partial charge in [-0.1, -0.05) is 75.4 Å². The van der Waals surface area contributed by atoms with E-state index in [9.17, 15) is 0 Å². The second kappa shape index (κ2) is 8.43. The first-order valence-electron chi connectivity index (χ1n) is 10.0. The Hall–Kier alpha value is -2.54. The Morgan fingerprint density at radius 3 is 1.96 bits per heavy atom. The fourth-order valence-corrected chi connectivity index (χ4v) is 3.43. The van der Waals surface area contributed by atoms with Crippen LogP contribution in [0.1, 0.15) is 47.0 Å². The number of rotatable bonds is 6. The highest BCUT2D eigenvalue weighted by atomic mass is 15.2. The van der Waals surface area contributed by atoms with Crippen LogP contribution in [0.5, 0.6) is 0 Å². The lowest BCUT2D eigenvalue weighted by atomic mass is 9.90. The minimum Gasteiger partial charge on any atom is -0.310 e. The zero-order chi connectivity index (χ0) is 19.3. The smallest absolute Gasteiger partial charge is 0.0483 e. The van der Waals surface area contributed by atoms with Gasteiger partial charge in [0.1, 0.15) is 0 Å². The first-order valence-corrected chi connectivity index (χ1v) is 10.0. The second-order valence-electron chi connectivity index (χ2n) is 8.03. The largest absolute Gasteiger partial charge is 0.310 e. The Morgan fingerprint density at radius 1 is 0.889 bits per heavy atom. The molecular weight excluding hydrogens is 326 g/mol. The summed E-state index contributed by atoms with van der Waals surface area (Å²) in [7, 11) is 0. The predicted molar refractivity (Wildman–Crippen MR) is 118 cm³/mol. The molecule has 27 heavy (non-hydrogen) atoms. The van der Waals surface area contributed by atoms with Gasteiger partial charge in [0, 0.05) is 17.1 Å². The van der Waals surface area contributed by atoms with E-state index in [1.807, 2.05) is 0 Å². The zero-order valence-corrected chi connectivity index (χ0v) is 17.1. The quantitative estimate of drug-likeness (QED) is 0.509. The maximum atomic E-state index is 2.41. The van der Waals surface area contributed by atoms with Gasteiger partial charge in [0.15, 0.2) is 0 Å². The maximum absolute atomic E-state index is 2.41. The Morgan fingerprint density at radius 2 is 1.44 bits per heavy atom. The van der Waals surface area contributed by atoms with Gasteiger partial charge in [0.2, 0.25) is 0 Å². The molecule has 1 aliphatic carbocycles. The lowest BCUT2D eigenvalue weighted by molar-refractivity contribution is 0.462. The molecule has 0 radical (unpaired) electrons. The van der Waals surface area contributed by atoms with Crippen molar-refractivity contribution in [2.45, 2.75) is 47.0 Å². The molecule has 0 bridgehead atoms. The molecule has 2 aromatic carbocycles. The summed E-state index contributed by atoms with van der Waals surface area (Å²) in [6, 6.07) is 21.4. The highest BCUT2D eigenvalue weighted by Crippen LogP contribution is 2.40. The van der Waals surface area contributed by atoms with Crippen LogP contribution >= 0.6 is 0 Å². The minimum absolute atomic E-state index is 0.243. The fourth-order valence-electron chi connectivity index (χ4n) is 3.43. The topological polar surface area (TPSA) is 3.24 Å². The van der Waals surface area contributed by atoms with Crippen molar-refractivity contribution < 1.29 is 0 Å². The van der Waals surface area contributed by atoms with Crippen LogP contribution < -0.4 is 4.90 Å². The number of benzene rings is 2. The minimum atomic E-state index is 0.243. The SMILES string of the molecule is CCC(C)(C)/C=C\C=C1/CCC(C)=C1N(c1ccccc1)c1ccccc1. The summed E-state index contributed by atoms with van der Waals surface area (Å²) in [6.45, 7) is 9.10. The second-order valence-corrected chi connectivity index (χ2v) is 8.03. The molecule has 140 valence electrons. The Bertz CT molecular complexity index is 799. The first kappa shape index (κ1) is 19.2. The van der Waals surface area contributed by atoms with E-state index in [-0.39, 0.29) is 5.41 Å². The fraction of sp³-hybridized carbons (Fsp3) is 0.308. The molecule has 0 spiro atoms. The van der Waals surface area contributed by atoms with Gasteiger partial charge in [-0.15, -0.1) is 0 Å². The van der Waals surface area contributed by atoms with Crippen LogP contribution in [-0.2, 0) is 0 Å². The molecule has 0 aromatic heterocycles. The van der Waals surface area contributed by atoms with Crippen LogP contribution in [0.2, 0.25) is 0 Å². The van der Waals surface area contributed by atoms with E-state index in [1.165, 1.54) is 28.2 Å². The average molecular weight is 358 g/mol. The molecule has 3 rings (SSSR count). The molecule has 0 unspecified atom stereocenters. The molecule has 1 nitrogen and oxygen atoms in total. The van der Waals surface area contributed by atoms with E-state index in [2.05, 4.69) is 111 Å². The molecule has 0 aliphatic heterocycles. The van der Waals surface area contributed by atoms with E-state index in [4.69, 9.17) is 0 Å². The highest BCUT2D eigenvalue weighted by molar-refractivity contribution is 5.73. The van der Waals surface area contributed by atoms with E-state index in [0.717, 1.165) is 19.3 Å². The van der Waals surface area contributed by atoms with Crippen molar-refractivity contribution in [2.75, 3.05) is 4.90 Å². The molecule has 0 atom stereocenters. The normalized spacial score (nSPS) is 16.5. The van der Waals surface area contributed by atoms with Crippen LogP contribution in [0.3, 0.4) is 0 Å². The van der Waals surface area contributed by atoms with Crippen molar-refractivity contribution in [1.29, 1.82) is 0 Å². The van der Waals surface area contributed by atoms with E-state index < -0.39 is 0 Å². The van der Waals surface area contributed by atoms with Gasteiger partial charge in [0.25, 0.3) is 0 Å². The van der Waals surface area contributed by atoms with Crippen molar-refractivity contribution >= 4 is 11.4 Å². The van der Waals surface area contributed by atoms with E-state index >= 15 is 0 Å². The average Bonchev–Trinajstić information content (AvgIpc) is 3.04. The summed E-state index contributed by atoms with van der Waals surface area (Å²) in [5.74, 6) is 0. The van der Waals surface area contributed by atoms with Crippen molar-refractivity contribution in [2.24, 2.45) is 5.41 Å². The first-order chi connectivity index (χ1) is 13.0. The lowest BCUT2D eigenvalue weighted by Crippen LogP contribution is -2.17. The standard InChI is InChI=1S/C26H31N/c1-5-26(3,4)20-12-13-22-19-18-21(2)25(22)27(23-14-8-6-9-15-23)24-16-10-7-11-17-24/h6-17,20H,5,18-19H2,1-4H3/b20-12-,22-13+. The third kappa shape index (κ3) is 4.60. The molecule has 1 heteroatoms. The van der Waals surface area contributed by atoms with Gasteiger partial charge >= 0.3 is 0 Å². The molecule has 2 aromatic rings. The van der Waals surface area contributed by atoms with Gasteiger partial charge in [-0.05, 0) is 67.0 Å². The van der Waals surface area contributed by atoms with Crippen molar-refractivity contribution in [3.63, 3.8) is 0 Å². The number of nitrogens with zero attached hydrogens (tertiary/aromatic N) is 1. The van der Waals surface area contributed by atoms with E-state index in [0.29, 0.717) is 0 Å². The van der Waals surface area contributed by atoms with Crippen molar-refractivity contribution in [3.05, 3.63) is 95.7 Å². The summed E-state index contributed by atoms with van der Waals surface area (Å²) in [6.07, 6.45) is 10.3. The molecule has 0 N–H and O–H groups in total. The molecule has 0 fully saturated rings. The van der Waals surface area contributed by atoms with Crippen LogP contribution in [0.4, 0.5) is 11.4 Å². The monoisotopic (exact) mass is 357 g/mol. The third-order valence-electron chi connectivity index (χ3n) is 5.49. The molecule has 0 saturated heterocycles. The number of allylic oxidation sites excluding steroid dienone is 5. The summed E-state index contributed by atoms with van der Waals surface area (Å²) in [4.78, 5) is 2.41. The Balaban J connectivity index is 2.03. The van der Waals surface area contributed by atoms with Crippen LogP contribution in [0.15, 0.2) is 95.7 Å². The van der Waals surface area contributed by atoms with Gasteiger partial charge < -0.3 is 4.90 Å². The van der Waals surface area contributed by atoms with Crippen LogP contribution in [0, 0.1) is 5.41 Å². The molecule has 1 aliphatic rings. The van der Waals surface area contributed by atoms with Crippen molar-refractivity contribution in [3.8, 4) is 0 Å². The third-order valence-corrected chi connectivity index (χ3v) is 5.49. The molecular formula is C26H31N. The summed E-state index contributed by atoms with van der Waals surface area (Å²) >= 11 is 0. The summed E-state index contributed by atoms with van der Waals surface area (Å²) in [5.41, 5.74) is 6.90. The van der Waals surface area contributed by atoms with Crippen LogP contribution in [-0.4, -0.2) is 0 Å². The number of anilines is 2. The maximum Gasteiger partial charge on any atom is 0.0483 e. The number of hydrogen-bond acceptors (Lipinski definition) is 1. The van der Waals surface area contributed by atoms with Gasteiger partial charge in [-0.2, -0.15) is 0 Å². The summed E-state index contributed by atoms with van der Waals surface area (Å²) in [5, 5.41) is 0. The van der Waals surface area contributed by atoms with E-state index in [1.54, 1.807) is 0 Å². The van der Waals surface area contributed by atoms with Gasteiger partial charge in [-0.25, -0.2) is 0 Å².